The van der Waals surface area contributed by atoms with Crippen molar-refractivity contribution >= 4 is 16.9 Å². The van der Waals surface area contributed by atoms with Crippen molar-refractivity contribution in [1.29, 1.82) is 0 Å². The van der Waals surface area contributed by atoms with E-state index in [4.69, 9.17) is 0 Å². The van der Waals surface area contributed by atoms with Gasteiger partial charge >= 0.3 is 0 Å². The largest absolute Gasteiger partial charge is 0.283 e. The van der Waals surface area contributed by atoms with E-state index in [0.29, 0.717) is 17.0 Å². The molecule has 0 spiro atoms. The summed E-state index contributed by atoms with van der Waals surface area (Å²) in [5.74, 6) is 0.567. The molecule has 0 atom stereocenters. The summed E-state index contributed by atoms with van der Waals surface area (Å²) in [6.45, 7) is 2.21. The normalized spacial score (nSPS) is 22.4. The molecule has 2 aromatic rings. The summed E-state index contributed by atoms with van der Waals surface area (Å²) in [5.41, 5.74) is 2.87. The maximum Gasteiger partial charge on any atom is 0.283 e. The zero-order chi connectivity index (χ0) is 15.0. The fourth-order valence-corrected chi connectivity index (χ4v) is 2.84. The summed E-state index contributed by atoms with van der Waals surface area (Å²) in [6.07, 6.45) is 6.69. The molecule has 112 valence electrons. The molecule has 1 aliphatic carbocycles. The number of fused-ring (bicyclic) bond motifs is 1. The fraction of sp³-hybridized carbons (Fsp3) is 0.571. The first kappa shape index (κ1) is 13.8. The molecule has 2 heterocycles. The van der Waals surface area contributed by atoms with Gasteiger partial charge in [-0.3, -0.25) is 19.7 Å². The third-order valence-electron chi connectivity index (χ3n) is 4.27. The van der Waals surface area contributed by atoms with E-state index in [1.807, 2.05) is 0 Å². The van der Waals surface area contributed by atoms with Crippen molar-refractivity contribution in [3.63, 3.8) is 0 Å². The molecule has 1 aliphatic rings. The summed E-state index contributed by atoms with van der Waals surface area (Å²) in [5, 5.41) is 4.40. The highest BCUT2D eigenvalue weighted by molar-refractivity contribution is 5.86. The van der Waals surface area contributed by atoms with Crippen molar-refractivity contribution in [2.24, 2.45) is 18.9 Å². The number of rotatable bonds is 2. The minimum atomic E-state index is -0.300. The van der Waals surface area contributed by atoms with Crippen molar-refractivity contribution in [3.8, 4) is 0 Å². The molecule has 3 rings (SSSR count). The van der Waals surface area contributed by atoms with Gasteiger partial charge in [-0.05, 0) is 31.6 Å². The maximum atomic E-state index is 12.3. The first-order valence-corrected chi connectivity index (χ1v) is 7.26. The number of nitrogens with zero attached hydrogens (tertiary/aromatic N) is 4. The van der Waals surface area contributed by atoms with Gasteiger partial charge in [0.2, 0.25) is 5.91 Å². The van der Waals surface area contributed by atoms with Crippen LogP contribution in [0.2, 0.25) is 0 Å². The van der Waals surface area contributed by atoms with Gasteiger partial charge in [0.05, 0.1) is 6.20 Å². The van der Waals surface area contributed by atoms with Crippen molar-refractivity contribution in [2.75, 3.05) is 5.43 Å². The van der Waals surface area contributed by atoms with Gasteiger partial charge in [0.25, 0.3) is 5.56 Å². The summed E-state index contributed by atoms with van der Waals surface area (Å²) in [7, 11) is 1.72. The van der Waals surface area contributed by atoms with Gasteiger partial charge in [0.15, 0.2) is 5.65 Å². The molecule has 1 N–H and O–H groups in total. The van der Waals surface area contributed by atoms with Crippen LogP contribution in [-0.4, -0.2) is 25.3 Å². The molecule has 1 amide bonds. The van der Waals surface area contributed by atoms with Crippen LogP contribution in [0.25, 0.3) is 11.0 Å². The monoisotopic (exact) mass is 289 g/mol. The Bertz CT molecular complexity index is 725. The van der Waals surface area contributed by atoms with E-state index in [1.54, 1.807) is 7.05 Å². The Labute approximate surface area is 121 Å². The van der Waals surface area contributed by atoms with Gasteiger partial charge in [-0.25, -0.2) is 9.66 Å². The number of hydrogen-bond acceptors (Lipinski definition) is 4. The Morgan fingerprint density at radius 3 is 2.76 bits per heavy atom. The smallest absolute Gasteiger partial charge is 0.273 e. The molecule has 7 heteroatoms. The lowest BCUT2D eigenvalue weighted by molar-refractivity contribution is -0.122. The molecule has 7 nitrogen and oxygen atoms in total. The van der Waals surface area contributed by atoms with Crippen LogP contribution >= 0.6 is 0 Å². The highest BCUT2D eigenvalue weighted by Crippen LogP contribution is 2.28. The van der Waals surface area contributed by atoms with Crippen molar-refractivity contribution < 1.29 is 4.79 Å². The van der Waals surface area contributed by atoms with Gasteiger partial charge in [-0.2, -0.15) is 5.10 Å². The molecule has 1 saturated carbocycles. The van der Waals surface area contributed by atoms with Gasteiger partial charge in [-0.1, -0.05) is 6.92 Å². The number of hydrogen-bond donors (Lipinski definition) is 1. The van der Waals surface area contributed by atoms with E-state index in [2.05, 4.69) is 22.4 Å². The van der Waals surface area contributed by atoms with Crippen LogP contribution in [0.15, 0.2) is 17.3 Å². The average Bonchev–Trinajstić information content (AvgIpc) is 2.85. The molecule has 0 saturated heterocycles. The molecule has 1 fully saturated rings. The molecular formula is C14H19N5O2. The van der Waals surface area contributed by atoms with E-state index in [0.717, 1.165) is 30.4 Å². The molecule has 0 unspecified atom stereocenters. The average molecular weight is 289 g/mol. The summed E-state index contributed by atoms with van der Waals surface area (Å²) >= 11 is 0. The minimum Gasteiger partial charge on any atom is -0.273 e. The van der Waals surface area contributed by atoms with E-state index in [-0.39, 0.29) is 17.4 Å². The fourth-order valence-electron chi connectivity index (χ4n) is 2.84. The molecular weight excluding hydrogens is 270 g/mol. The zero-order valence-electron chi connectivity index (χ0n) is 12.2. The predicted molar refractivity (Wildman–Crippen MR) is 78.3 cm³/mol. The van der Waals surface area contributed by atoms with Crippen molar-refractivity contribution in [1.82, 2.24) is 19.4 Å². The first-order valence-electron chi connectivity index (χ1n) is 7.26. The van der Waals surface area contributed by atoms with Crippen molar-refractivity contribution in [3.05, 3.63) is 22.9 Å². The van der Waals surface area contributed by atoms with Crippen LogP contribution < -0.4 is 11.0 Å². The van der Waals surface area contributed by atoms with Crippen LogP contribution in [0.4, 0.5) is 0 Å². The Hall–Kier alpha value is -2.18. The first-order chi connectivity index (χ1) is 10.1. The number of aromatic nitrogens is 4. The van der Waals surface area contributed by atoms with E-state index >= 15 is 0 Å². The highest BCUT2D eigenvalue weighted by Gasteiger charge is 2.24. The number of nitrogens with one attached hydrogen (secondary N) is 1. The molecule has 2 aromatic heterocycles. The minimum absolute atomic E-state index is 0.0160. The second-order valence-corrected chi connectivity index (χ2v) is 5.86. The quantitative estimate of drug-likeness (QED) is 0.895. The second-order valence-electron chi connectivity index (χ2n) is 5.86. The lowest BCUT2D eigenvalue weighted by Crippen LogP contribution is -2.37. The Morgan fingerprint density at radius 1 is 1.33 bits per heavy atom. The summed E-state index contributed by atoms with van der Waals surface area (Å²) in [4.78, 5) is 28.7. The van der Waals surface area contributed by atoms with Crippen LogP contribution in [0.1, 0.15) is 32.6 Å². The molecule has 0 aliphatic heterocycles. The SMILES string of the molecule is CC1CCC(C(=O)Nn2cnc3c(cnn3C)c2=O)CC1. The number of carbonyl (C=O) groups is 1. The lowest BCUT2D eigenvalue weighted by atomic mass is 9.83. The van der Waals surface area contributed by atoms with E-state index < -0.39 is 0 Å². The molecule has 0 aromatic carbocycles. The summed E-state index contributed by atoms with van der Waals surface area (Å²) < 4.78 is 2.69. The van der Waals surface area contributed by atoms with Gasteiger partial charge in [0.1, 0.15) is 11.7 Å². The van der Waals surface area contributed by atoms with Crippen LogP contribution in [0, 0.1) is 11.8 Å². The Kier molecular flexibility index (Phi) is 3.48. The second kappa shape index (κ2) is 5.31. The van der Waals surface area contributed by atoms with Gasteiger partial charge < -0.3 is 0 Å². The third kappa shape index (κ3) is 2.55. The number of aryl methyl sites for hydroxylation is 1. The van der Waals surface area contributed by atoms with E-state index in [1.165, 1.54) is 17.2 Å². The third-order valence-corrected chi connectivity index (χ3v) is 4.27. The Balaban J connectivity index is 1.80. The maximum absolute atomic E-state index is 12.3. The zero-order valence-corrected chi connectivity index (χ0v) is 12.2. The highest BCUT2D eigenvalue weighted by atomic mass is 16.2. The topological polar surface area (TPSA) is 81.8 Å². The number of amides is 1. The van der Waals surface area contributed by atoms with Crippen molar-refractivity contribution in [2.45, 2.75) is 32.6 Å². The molecule has 0 bridgehead atoms. The standard InChI is InChI=1S/C14H19N5O2/c1-9-3-5-10(6-4-9)13(20)17-19-8-15-12-11(14(19)21)7-16-18(12)2/h7-10H,3-6H2,1-2H3,(H,17,20). The lowest BCUT2D eigenvalue weighted by Gasteiger charge is -2.25. The van der Waals surface area contributed by atoms with Crippen LogP contribution in [0.5, 0.6) is 0 Å². The molecule has 0 radical (unpaired) electrons. The number of carbonyl (C=O) groups excluding carboxylic acids is 1. The van der Waals surface area contributed by atoms with Crippen LogP contribution in [-0.2, 0) is 11.8 Å². The van der Waals surface area contributed by atoms with Crippen LogP contribution in [0.3, 0.4) is 0 Å². The Morgan fingerprint density at radius 2 is 2.05 bits per heavy atom. The van der Waals surface area contributed by atoms with Gasteiger partial charge in [-0.15, -0.1) is 0 Å². The predicted octanol–water partition coefficient (Wildman–Crippen LogP) is 1.03. The summed E-state index contributed by atoms with van der Waals surface area (Å²) in [6, 6.07) is 0. The van der Waals surface area contributed by atoms with Gasteiger partial charge in [0, 0.05) is 13.0 Å². The van der Waals surface area contributed by atoms with E-state index in [9.17, 15) is 9.59 Å². The molecule has 21 heavy (non-hydrogen) atoms.